The maximum atomic E-state index is 2.46. The van der Waals surface area contributed by atoms with Crippen molar-refractivity contribution in [2.75, 3.05) is 0 Å². The van der Waals surface area contributed by atoms with Gasteiger partial charge in [0.15, 0.2) is 0 Å². The quantitative estimate of drug-likeness (QED) is 0.233. The van der Waals surface area contributed by atoms with E-state index < -0.39 is 0 Å². The highest BCUT2D eigenvalue weighted by Crippen LogP contribution is 2.37. The minimum absolute atomic E-state index is 1.33. The van der Waals surface area contributed by atoms with Gasteiger partial charge in [-0.15, -0.1) is 0 Å². The molecule has 2 heteroatoms. The topological polar surface area (TPSA) is 0 Å². The molecule has 0 aliphatic heterocycles. The Kier molecular flexibility index (Phi) is 2.45. The van der Waals surface area contributed by atoms with Crippen molar-refractivity contribution in [2.45, 2.75) is 0 Å². The van der Waals surface area contributed by atoms with Crippen LogP contribution in [0, 0.1) is 7.14 Å². The number of rotatable bonds is 0. The molecule has 0 spiro atoms. The minimum atomic E-state index is 1.33. The van der Waals surface area contributed by atoms with E-state index in [1.54, 1.807) is 0 Å². The van der Waals surface area contributed by atoms with E-state index in [1.165, 1.54) is 39.5 Å². The third-order valence-corrected chi connectivity index (χ3v) is 6.58. The number of hydrogen-bond donors (Lipinski definition) is 0. The largest absolute Gasteiger partial charge is 0.0610 e. The van der Waals surface area contributed by atoms with Gasteiger partial charge in [-0.25, -0.2) is 0 Å². The van der Waals surface area contributed by atoms with Gasteiger partial charge < -0.3 is 0 Å². The molecular formula is C16H8I2. The van der Waals surface area contributed by atoms with Crippen LogP contribution < -0.4 is 0 Å². The van der Waals surface area contributed by atoms with Crippen molar-refractivity contribution in [3.8, 4) is 0 Å². The summed E-state index contributed by atoms with van der Waals surface area (Å²) in [7, 11) is 0. The van der Waals surface area contributed by atoms with Crippen molar-refractivity contribution < 1.29 is 0 Å². The van der Waals surface area contributed by atoms with Gasteiger partial charge in [0.05, 0.1) is 0 Å². The zero-order valence-electron chi connectivity index (χ0n) is 9.37. The van der Waals surface area contributed by atoms with E-state index in [-0.39, 0.29) is 0 Å². The zero-order valence-corrected chi connectivity index (χ0v) is 13.7. The van der Waals surface area contributed by atoms with Gasteiger partial charge in [-0.1, -0.05) is 42.5 Å². The first-order chi connectivity index (χ1) is 8.75. The third kappa shape index (κ3) is 1.42. The lowest BCUT2D eigenvalue weighted by Gasteiger charge is -2.12. The van der Waals surface area contributed by atoms with E-state index in [2.05, 4.69) is 93.7 Å². The summed E-state index contributed by atoms with van der Waals surface area (Å²) < 4.78 is 2.69. The second kappa shape index (κ2) is 3.93. The van der Waals surface area contributed by atoms with Crippen molar-refractivity contribution in [1.82, 2.24) is 0 Å². The molecular weight excluding hydrogens is 446 g/mol. The molecule has 0 nitrogen and oxygen atoms in total. The average molecular weight is 454 g/mol. The van der Waals surface area contributed by atoms with Crippen LogP contribution in [0.15, 0.2) is 48.5 Å². The molecule has 0 atom stereocenters. The van der Waals surface area contributed by atoms with Crippen molar-refractivity contribution in [3.63, 3.8) is 0 Å². The maximum absolute atomic E-state index is 2.46. The zero-order chi connectivity index (χ0) is 12.3. The van der Waals surface area contributed by atoms with Crippen LogP contribution in [-0.4, -0.2) is 0 Å². The lowest BCUT2D eigenvalue weighted by molar-refractivity contribution is 1.68. The molecule has 0 heterocycles. The number of halogens is 2. The molecule has 0 unspecified atom stereocenters. The van der Waals surface area contributed by atoms with Gasteiger partial charge in [-0.05, 0) is 83.6 Å². The Morgan fingerprint density at radius 3 is 2.11 bits per heavy atom. The highest BCUT2D eigenvalue weighted by molar-refractivity contribution is 14.1. The predicted octanol–water partition coefficient (Wildman–Crippen LogP) is 5.79. The van der Waals surface area contributed by atoms with E-state index >= 15 is 0 Å². The van der Waals surface area contributed by atoms with Gasteiger partial charge in [0.25, 0.3) is 0 Å². The SMILES string of the molecule is Ic1cc2ccc3cccc4ccc(c1I)c2c34. The second-order valence-electron chi connectivity index (χ2n) is 4.53. The van der Waals surface area contributed by atoms with Gasteiger partial charge in [-0.3, -0.25) is 0 Å². The summed E-state index contributed by atoms with van der Waals surface area (Å²) in [5.74, 6) is 0. The molecule has 86 valence electrons. The molecule has 0 saturated carbocycles. The fraction of sp³-hybridized carbons (Fsp3) is 0. The highest BCUT2D eigenvalue weighted by Gasteiger charge is 2.11. The molecule has 4 aromatic carbocycles. The molecule has 0 aromatic heterocycles. The molecule has 0 saturated heterocycles. The van der Waals surface area contributed by atoms with Crippen LogP contribution in [0.2, 0.25) is 0 Å². The summed E-state index contributed by atoms with van der Waals surface area (Å²) >= 11 is 4.88. The molecule has 0 bridgehead atoms. The van der Waals surface area contributed by atoms with Crippen LogP contribution in [-0.2, 0) is 0 Å². The van der Waals surface area contributed by atoms with E-state index in [0.29, 0.717) is 0 Å². The molecule has 0 amide bonds. The van der Waals surface area contributed by atoms with Crippen molar-refractivity contribution in [1.29, 1.82) is 0 Å². The summed E-state index contributed by atoms with van der Waals surface area (Å²) in [5, 5.41) is 8.21. The van der Waals surface area contributed by atoms with Gasteiger partial charge >= 0.3 is 0 Å². The van der Waals surface area contributed by atoms with Crippen molar-refractivity contribution in [3.05, 3.63) is 55.7 Å². The Morgan fingerprint density at radius 1 is 0.667 bits per heavy atom. The number of benzene rings is 4. The second-order valence-corrected chi connectivity index (χ2v) is 6.77. The van der Waals surface area contributed by atoms with Gasteiger partial charge in [0.2, 0.25) is 0 Å². The summed E-state index contributed by atoms with van der Waals surface area (Å²) in [6, 6.07) is 17.8. The lowest BCUT2D eigenvalue weighted by Crippen LogP contribution is -1.88. The van der Waals surface area contributed by atoms with Crippen LogP contribution in [0.25, 0.3) is 32.3 Å². The molecule has 0 aliphatic rings. The molecule has 0 radical (unpaired) electrons. The van der Waals surface area contributed by atoms with Crippen LogP contribution in [0.1, 0.15) is 0 Å². The Balaban J connectivity index is 2.46. The first-order valence-electron chi connectivity index (χ1n) is 5.77. The van der Waals surface area contributed by atoms with E-state index in [9.17, 15) is 0 Å². The fourth-order valence-electron chi connectivity index (χ4n) is 2.74. The van der Waals surface area contributed by atoms with Crippen LogP contribution >= 0.6 is 45.2 Å². The van der Waals surface area contributed by atoms with Gasteiger partial charge in [-0.2, -0.15) is 0 Å². The maximum Gasteiger partial charge on any atom is 0.0342 e. The summed E-state index contributed by atoms with van der Waals surface area (Å²) in [6.07, 6.45) is 0. The molecule has 4 rings (SSSR count). The normalized spacial score (nSPS) is 11.9. The third-order valence-electron chi connectivity index (χ3n) is 3.54. The monoisotopic (exact) mass is 454 g/mol. The smallest absolute Gasteiger partial charge is 0.0342 e. The standard InChI is InChI=1S/C16H8I2/c17-13-8-11-5-4-9-2-1-3-10-6-7-12(16(13)18)15(11)14(9)10/h1-8H. The molecule has 0 N–H and O–H groups in total. The molecule has 18 heavy (non-hydrogen) atoms. The Morgan fingerprint density at radius 2 is 1.33 bits per heavy atom. The average Bonchev–Trinajstić information content (AvgIpc) is 2.40. The van der Waals surface area contributed by atoms with Crippen LogP contribution in [0.4, 0.5) is 0 Å². The van der Waals surface area contributed by atoms with E-state index in [0.717, 1.165) is 0 Å². The summed E-state index contributed by atoms with van der Waals surface area (Å²) in [4.78, 5) is 0. The summed E-state index contributed by atoms with van der Waals surface area (Å²) in [5.41, 5.74) is 0. The summed E-state index contributed by atoms with van der Waals surface area (Å²) in [6.45, 7) is 0. The Labute approximate surface area is 132 Å². The first-order valence-corrected chi connectivity index (χ1v) is 7.93. The fourth-order valence-corrected chi connectivity index (χ4v) is 3.97. The van der Waals surface area contributed by atoms with Crippen molar-refractivity contribution in [2.24, 2.45) is 0 Å². The number of hydrogen-bond acceptors (Lipinski definition) is 0. The van der Waals surface area contributed by atoms with E-state index in [4.69, 9.17) is 0 Å². The Bertz CT molecular complexity index is 878. The van der Waals surface area contributed by atoms with Crippen molar-refractivity contribution >= 4 is 77.5 Å². The molecule has 0 aliphatic carbocycles. The van der Waals surface area contributed by atoms with Crippen LogP contribution in [0.5, 0.6) is 0 Å². The first kappa shape index (κ1) is 11.2. The minimum Gasteiger partial charge on any atom is -0.0610 e. The lowest BCUT2D eigenvalue weighted by atomic mass is 9.94. The Hall–Kier alpha value is -0.620. The highest BCUT2D eigenvalue weighted by atomic mass is 127. The van der Waals surface area contributed by atoms with Gasteiger partial charge in [0, 0.05) is 7.14 Å². The molecule has 4 aromatic rings. The predicted molar refractivity (Wildman–Crippen MR) is 95.6 cm³/mol. The van der Waals surface area contributed by atoms with Crippen LogP contribution in [0.3, 0.4) is 0 Å². The van der Waals surface area contributed by atoms with E-state index in [1.807, 2.05) is 0 Å². The molecule has 0 fully saturated rings. The van der Waals surface area contributed by atoms with Gasteiger partial charge in [0.1, 0.15) is 0 Å².